The molecule has 0 saturated heterocycles. The maximum atomic E-state index is 12.5. The lowest BCUT2D eigenvalue weighted by Crippen LogP contribution is -2.22. The Bertz CT molecular complexity index is 744. The number of carbonyl (C=O) groups excluding carboxylic acids is 1. The van der Waals surface area contributed by atoms with Crippen LogP contribution >= 0.6 is 11.8 Å². The van der Waals surface area contributed by atoms with Crippen LogP contribution in [0.3, 0.4) is 0 Å². The fourth-order valence-corrected chi connectivity index (χ4v) is 2.49. The third kappa shape index (κ3) is 5.48. The van der Waals surface area contributed by atoms with Gasteiger partial charge in [-0.05, 0) is 30.0 Å². The van der Waals surface area contributed by atoms with Gasteiger partial charge in [-0.3, -0.25) is 9.59 Å². The van der Waals surface area contributed by atoms with Gasteiger partial charge >= 0.3 is 5.51 Å². The molecule has 0 bridgehead atoms. The number of aryl methyl sites for hydroxylation is 1. The van der Waals surface area contributed by atoms with Crippen molar-refractivity contribution >= 4 is 23.4 Å². The molecule has 1 amide bonds. The number of amides is 1. The van der Waals surface area contributed by atoms with E-state index in [4.69, 9.17) is 0 Å². The highest BCUT2D eigenvalue weighted by Gasteiger charge is 2.30. The van der Waals surface area contributed by atoms with Gasteiger partial charge < -0.3 is 9.88 Å². The molecule has 1 heterocycles. The highest BCUT2D eigenvalue weighted by molar-refractivity contribution is 8.00. The van der Waals surface area contributed by atoms with Crippen molar-refractivity contribution in [2.75, 3.05) is 5.32 Å². The molecular formula is C15H13F3N2O2S. The van der Waals surface area contributed by atoms with Crippen molar-refractivity contribution in [3.8, 4) is 0 Å². The molecule has 0 aliphatic rings. The average molecular weight is 342 g/mol. The SMILES string of the molecule is O=C(CCn1ccccc1=O)Nc1ccccc1SC(F)(F)F. The minimum absolute atomic E-state index is 0.0189. The number of benzene rings is 1. The summed E-state index contributed by atoms with van der Waals surface area (Å²) in [7, 11) is 0. The van der Waals surface area contributed by atoms with Gasteiger partial charge in [-0.2, -0.15) is 13.2 Å². The Hall–Kier alpha value is -2.22. The lowest BCUT2D eigenvalue weighted by atomic mass is 10.3. The van der Waals surface area contributed by atoms with E-state index in [0.717, 1.165) is 0 Å². The highest BCUT2D eigenvalue weighted by Crippen LogP contribution is 2.40. The van der Waals surface area contributed by atoms with Crippen molar-refractivity contribution < 1.29 is 18.0 Å². The predicted molar refractivity (Wildman–Crippen MR) is 82.3 cm³/mol. The van der Waals surface area contributed by atoms with E-state index in [9.17, 15) is 22.8 Å². The van der Waals surface area contributed by atoms with Crippen LogP contribution in [0.25, 0.3) is 0 Å². The molecule has 0 spiro atoms. The zero-order valence-electron chi connectivity index (χ0n) is 11.8. The van der Waals surface area contributed by atoms with Crippen LogP contribution in [-0.4, -0.2) is 16.0 Å². The number of aromatic nitrogens is 1. The van der Waals surface area contributed by atoms with Crippen molar-refractivity contribution in [1.82, 2.24) is 4.57 Å². The Morgan fingerprint density at radius 1 is 1.13 bits per heavy atom. The minimum Gasteiger partial charge on any atom is -0.325 e. The summed E-state index contributed by atoms with van der Waals surface area (Å²) in [6.45, 7) is 0.153. The van der Waals surface area contributed by atoms with Gasteiger partial charge in [-0.15, -0.1) is 0 Å². The van der Waals surface area contributed by atoms with Crippen molar-refractivity contribution in [2.45, 2.75) is 23.4 Å². The van der Waals surface area contributed by atoms with Gasteiger partial charge in [0.15, 0.2) is 0 Å². The molecule has 122 valence electrons. The Morgan fingerprint density at radius 2 is 1.83 bits per heavy atom. The second kappa shape index (κ2) is 7.36. The summed E-state index contributed by atoms with van der Waals surface area (Å²) in [5.74, 6) is -0.462. The first-order valence-electron chi connectivity index (χ1n) is 6.65. The van der Waals surface area contributed by atoms with Gasteiger partial charge in [-0.25, -0.2) is 0 Å². The van der Waals surface area contributed by atoms with Crippen LogP contribution in [0.4, 0.5) is 18.9 Å². The van der Waals surface area contributed by atoms with Gasteiger partial charge in [0, 0.05) is 30.1 Å². The number of hydrogen-bond acceptors (Lipinski definition) is 3. The van der Waals surface area contributed by atoms with E-state index in [1.807, 2.05) is 0 Å². The molecule has 2 rings (SSSR count). The summed E-state index contributed by atoms with van der Waals surface area (Å²) < 4.78 is 38.8. The molecule has 2 aromatic rings. The van der Waals surface area contributed by atoms with Crippen LogP contribution in [0.5, 0.6) is 0 Å². The summed E-state index contributed by atoms with van der Waals surface area (Å²) in [5, 5.41) is 2.45. The number of carbonyl (C=O) groups is 1. The summed E-state index contributed by atoms with van der Waals surface area (Å²) in [5.41, 5.74) is -4.58. The molecule has 0 aliphatic heterocycles. The number of nitrogens with zero attached hydrogens (tertiary/aromatic N) is 1. The lowest BCUT2D eigenvalue weighted by Gasteiger charge is -2.12. The second-order valence-corrected chi connectivity index (χ2v) is 5.68. The lowest BCUT2D eigenvalue weighted by molar-refractivity contribution is -0.116. The highest BCUT2D eigenvalue weighted by atomic mass is 32.2. The fraction of sp³-hybridized carbons (Fsp3) is 0.200. The molecule has 1 aromatic heterocycles. The smallest absolute Gasteiger partial charge is 0.325 e. The first-order chi connectivity index (χ1) is 10.8. The van der Waals surface area contributed by atoms with Crippen LogP contribution in [0.2, 0.25) is 0 Å². The summed E-state index contributed by atoms with van der Waals surface area (Å²) in [4.78, 5) is 23.3. The number of alkyl halides is 3. The van der Waals surface area contributed by atoms with Gasteiger partial charge in [0.25, 0.3) is 5.56 Å². The molecule has 8 heteroatoms. The quantitative estimate of drug-likeness (QED) is 0.847. The number of para-hydroxylation sites is 1. The van der Waals surface area contributed by atoms with E-state index in [-0.39, 0.29) is 40.9 Å². The third-order valence-electron chi connectivity index (χ3n) is 2.87. The normalized spacial score (nSPS) is 11.3. The monoisotopic (exact) mass is 342 g/mol. The third-order valence-corrected chi connectivity index (χ3v) is 3.67. The van der Waals surface area contributed by atoms with Gasteiger partial charge in [0.2, 0.25) is 5.91 Å². The zero-order chi connectivity index (χ0) is 16.9. The van der Waals surface area contributed by atoms with E-state index in [1.54, 1.807) is 18.3 Å². The largest absolute Gasteiger partial charge is 0.446 e. The second-order valence-electron chi connectivity index (χ2n) is 4.57. The topological polar surface area (TPSA) is 51.1 Å². The molecule has 0 saturated carbocycles. The standard InChI is InChI=1S/C15H13F3N2O2S/c16-15(17,18)23-12-6-2-1-5-11(12)19-13(21)8-10-20-9-4-3-7-14(20)22/h1-7,9H,8,10H2,(H,19,21). The van der Waals surface area contributed by atoms with Crippen molar-refractivity contribution in [3.63, 3.8) is 0 Å². The van der Waals surface area contributed by atoms with Crippen LogP contribution in [-0.2, 0) is 11.3 Å². The molecule has 23 heavy (non-hydrogen) atoms. The first kappa shape index (κ1) is 17.1. The Kier molecular flexibility index (Phi) is 5.49. The first-order valence-corrected chi connectivity index (χ1v) is 7.47. The predicted octanol–water partition coefficient (Wildman–Crippen LogP) is 3.49. The molecule has 4 nitrogen and oxygen atoms in total. The van der Waals surface area contributed by atoms with E-state index < -0.39 is 11.4 Å². The average Bonchev–Trinajstić information content (AvgIpc) is 2.47. The summed E-state index contributed by atoms with van der Waals surface area (Å²) in [6.07, 6.45) is 1.53. The van der Waals surface area contributed by atoms with Crippen LogP contribution in [0, 0.1) is 0 Å². The molecule has 1 N–H and O–H groups in total. The van der Waals surface area contributed by atoms with Crippen molar-refractivity contribution in [3.05, 3.63) is 59.0 Å². The molecule has 0 atom stereocenters. The van der Waals surface area contributed by atoms with Gasteiger partial charge in [-0.1, -0.05) is 18.2 Å². The fourth-order valence-electron chi connectivity index (χ4n) is 1.86. The molecular weight excluding hydrogens is 329 g/mol. The van der Waals surface area contributed by atoms with Crippen LogP contribution in [0.15, 0.2) is 58.4 Å². The minimum atomic E-state index is -4.43. The van der Waals surface area contributed by atoms with Crippen LogP contribution < -0.4 is 10.9 Å². The van der Waals surface area contributed by atoms with E-state index in [1.165, 1.54) is 34.9 Å². The number of nitrogens with one attached hydrogen (secondary N) is 1. The zero-order valence-corrected chi connectivity index (χ0v) is 12.7. The molecule has 0 fully saturated rings. The molecule has 1 aromatic carbocycles. The maximum absolute atomic E-state index is 12.5. The molecule has 0 radical (unpaired) electrons. The van der Waals surface area contributed by atoms with Crippen LogP contribution in [0.1, 0.15) is 6.42 Å². The number of rotatable bonds is 5. The molecule has 0 aliphatic carbocycles. The van der Waals surface area contributed by atoms with Crippen molar-refractivity contribution in [1.29, 1.82) is 0 Å². The Balaban J connectivity index is 2.01. The van der Waals surface area contributed by atoms with Gasteiger partial charge in [0.05, 0.1) is 5.69 Å². The Labute approximate surface area is 134 Å². The van der Waals surface area contributed by atoms with E-state index in [2.05, 4.69) is 5.32 Å². The number of anilines is 1. The van der Waals surface area contributed by atoms with E-state index in [0.29, 0.717) is 0 Å². The number of pyridine rings is 1. The Morgan fingerprint density at radius 3 is 2.52 bits per heavy atom. The number of halogens is 3. The van der Waals surface area contributed by atoms with Crippen molar-refractivity contribution in [2.24, 2.45) is 0 Å². The summed E-state index contributed by atoms with van der Waals surface area (Å²) >= 11 is -0.284. The summed E-state index contributed by atoms with van der Waals surface area (Å²) in [6, 6.07) is 10.3. The molecule has 0 unspecified atom stereocenters. The number of thioether (sulfide) groups is 1. The van der Waals surface area contributed by atoms with E-state index >= 15 is 0 Å². The maximum Gasteiger partial charge on any atom is 0.446 e. The van der Waals surface area contributed by atoms with Gasteiger partial charge in [0.1, 0.15) is 0 Å². The number of hydrogen-bond donors (Lipinski definition) is 1.